The molecule has 7 nitrogen and oxygen atoms in total. The summed E-state index contributed by atoms with van der Waals surface area (Å²) in [6, 6.07) is 22.9. The van der Waals surface area contributed by atoms with Gasteiger partial charge in [-0.3, -0.25) is 9.59 Å². The molecule has 1 atom stereocenters. The number of carbonyl (C=O) groups is 2. The van der Waals surface area contributed by atoms with E-state index in [1.165, 1.54) is 0 Å². The van der Waals surface area contributed by atoms with Crippen LogP contribution in [-0.4, -0.2) is 29.7 Å². The highest BCUT2D eigenvalue weighted by Crippen LogP contribution is 2.34. The lowest BCUT2D eigenvalue weighted by molar-refractivity contribution is -0.128. The average Bonchev–Trinajstić information content (AvgIpc) is 3.39. The van der Waals surface area contributed by atoms with Crippen LogP contribution in [0.4, 0.5) is 0 Å². The lowest BCUT2D eigenvalue weighted by Crippen LogP contribution is -2.50. The number of furan rings is 1. The first-order valence-corrected chi connectivity index (χ1v) is 15.2. The number of rotatable bonds is 11. The molecule has 216 valence electrons. The summed E-state index contributed by atoms with van der Waals surface area (Å²) in [7, 11) is 0. The lowest BCUT2D eigenvalue weighted by atomic mass is 9.99. The van der Waals surface area contributed by atoms with Gasteiger partial charge in [0.05, 0.1) is 6.26 Å². The zero-order valence-corrected chi connectivity index (χ0v) is 24.8. The van der Waals surface area contributed by atoms with Gasteiger partial charge < -0.3 is 19.5 Å². The standard InChI is InChI=1S/C34H34N2O5S/c1-21(2)35-33(38)29(20-42-19-23-10-6-4-7-11-23)36-32(37)15-14-25-22(3)26-16-27-28(24-12-8-5-9-13-24)18-40-30(27)17-31(26)41-34(25)39/h4-13,16-18,21,29H,14-15,19-20H2,1-3H3,(H,35,38)(H,36,37)/t29-/m0/s1. The van der Waals surface area contributed by atoms with Gasteiger partial charge in [0.25, 0.3) is 0 Å². The summed E-state index contributed by atoms with van der Waals surface area (Å²) in [6.45, 7) is 5.64. The van der Waals surface area contributed by atoms with E-state index >= 15 is 0 Å². The molecule has 0 unspecified atom stereocenters. The number of hydrogen-bond donors (Lipinski definition) is 2. The number of nitrogens with one attached hydrogen (secondary N) is 2. The highest BCUT2D eigenvalue weighted by Gasteiger charge is 2.22. The van der Waals surface area contributed by atoms with Gasteiger partial charge >= 0.3 is 5.63 Å². The van der Waals surface area contributed by atoms with Crippen molar-refractivity contribution in [1.29, 1.82) is 0 Å². The first-order chi connectivity index (χ1) is 20.3. The van der Waals surface area contributed by atoms with Gasteiger partial charge in [0.2, 0.25) is 11.8 Å². The van der Waals surface area contributed by atoms with Gasteiger partial charge in [-0.1, -0.05) is 60.7 Å². The molecule has 0 aliphatic heterocycles. The van der Waals surface area contributed by atoms with Crippen molar-refractivity contribution in [3.05, 3.63) is 106 Å². The SMILES string of the molecule is Cc1c(CCC(=O)N[C@@H](CSCc2ccccc2)C(=O)NC(C)C)c(=O)oc2cc3occ(-c4ccccc4)c3cc12. The minimum Gasteiger partial charge on any atom is -0.464 e. The van der Waals surface area contributed by atoms with Crippen LogP contribution in [0.5, 0.6) is 0 Å². The number of fused-ring (bicyclic) bond motifs is 2. The normalized spacial score (nSPS) is 12.1. The maximum Gasteiger partial charge on any atom is 0.339 e. The molecule has 42 heavy (non-hydrogen) atoms. The molecule has 0 bridgehead atoms. The molecule has 0 spiro atoms. The molecule has 2 heterocycles. The summed E-state index contributed by atoms with van der Waals surface area (Å²) in [6.07, 6.45) is 1.96. The van der Waals surface area contributed by atoms with E-state index in [4.69, 9.17) is 8.83 Å². The van der Waals surface area contributed by atoms with Crippen LogP contribution >= 0.6 is 11.8 Å². The van der Waals surface area contributed by atoms with Gasteiger partial charge in [0.15, 0.2) is 0 Å². The van der Waals surface area contributed by atoms with Crippen LogP contribution < -0.4 is 16.3 Å². The summed E-state index contributed by atoms with van der Waals surface area (Å²) < 4.78 is 11.5. The highest BCUT2D eigenvalue weighted by atomic mass is 32.2. The third-order valence-electron chi connectivity index (χ3n) is 7.15. The van der Waals surface area contributed by atoms with Crippen LogP contribution in [0.15, 0.2) is 92.7 Å². The fourth-order valence-electron chi connectivity index (χ4n) is 4.98. The van der Waals surface area contributed by atoms with E-state index in [2.05, 4.69) is 10.6 Å². The Morgan fingerprint density at radius 3 is 2.33 bits per heavy atom. The molecule has 0 aliphatic carbocycles. The molecule has 2 N–H and O–H groups in total. The second-order valence-electron chi connectivity index (χ2n) is 10.6. The van der Waals surface area contributed by atoms with Crippen molar-refractivity contribution < 1.29 is 18.4 Å². The Hall–Kier alpha value is -4.30. The lowest BCUT2D eigenvalue weighted by Gasteiger charge is -2.20. The number of thioether (sulfide) groups is 1. The summed E-state index contributed by atoms with van der Waals surface area (Å²) >= 11 is 1.59. The molecule has 0 radical (unpaired) electrons. The van der Waals surface area contributed by atoms with Crippen LogP contribution in [0.3, 0.4) is 0 Å². The molecule has 0 fully saturated rings. The van der Waals surface area contributed by atoms with Crippen molar-refractivity contribution in [2.75, 3.05) is 5.75 Å². The maximum atomic E-state index is 13.0. The van der Waals surface area contributed by atoms with Crippen LogP contribution in [0, 0.1) is 6.92 Å². The third kappa shape index (κ3) is 6.77. The topological polar surface area (TPSA) is 102 Å². The van der Waals surface area contributed by atoms with E-state index in [0.717, 1.165) is 38.8 Å². The van der Waals surface area contributed by atoms with Gasteiger partial charge in [0, 0.05) is 51.9 Å². The van der Waals surface area contributed by atoms with Crippen molar-refractivity contribution in [2.45, 2.75) is 51.4 Å². The zero-order chi connectivity index (χ0) is 29.6. The molecule has 0 saturated heterocycles. The predicted octanol–water partition coefficient (Wildman–Crippen LogP) is 6.39. The summed E-state index contributed by atoms with van der Waals surface area (Å²) in [5.41, 5.74) is 4.94. The molecule has 2 amide bonds. The van der Waals surface area contributed by atoms with E-state index in [1.807, 2.05) is 87.5 Å². The second-order valence-corrected chi connectivity index (χ2v) is 11.7. The summed E-state index contributed by atoms with van der Waals surface area (Å²) in [5, 5.41) is 7.49. The molecule has 2 aromatic heterocycles. The summed E-state index contributed by atoms with van der Waals surface area (Å²) in [5.74, 6) is 0.643. The summed E-state index contributed by atoms with van der Waals surface area (Å²) in [4.78, 5) is 38.9. The van der Waals surface area contributed by atoms with Crippen LogP contribution in [0.2, 0.25) is 0 Å². The molecule has 0 aliphatic rings. The third-order valence-corrected chi connectivity index (χ3v) is 8.25. The Bertz CT molecular complexity index is 1760. The molecule has 5 aromatic rings. The second kappa shape index (κ2) is 13.1. The fourth-order valence-corrected chi connectivity index (χ4v) is 6.00. The van der Waals surface area contributed by atoms with Crippen molar-refractivity contribution in [3.63, 3.8) is 0 Å². The van der Waals surface area contributed by atoms with E-state index in [1.54, 1.807) is 24.1 Å². The van der Waals surface area contributed by atoms with E-state index in [9.17, 15) is 14.4 Å². The predicted molar refractivity (Wildman–Crippen MR) is 169 cm³/mol. The Balaban J connectivity index is 1.31. The van der Waals surface area contributed by atoms with Crippen LogP contribution in [-0.2, 0) is 21.8 Å². The Morgan fingerprint density at radius 2 is 1.62 bits per heavy atom. The smallest absolute Gasteiger partial charge is 0.339 e. The molecule has 5 rings (SSSR count). The number of aryl methyl sites for hydroxylation is 1. The van der Waals surface area contributed by atoms with Crippen LogP contribution in [0.25, 0.3) is 33.1 Å². The molecular weight excluding hydrogens is 548 g/mol. The maximum absolute atomic E-state index is 13.0. The first kappa shape index (κ1) is 29.2. The van der Waals surface area contributed by atoms with Gasteiger partial charge in [-0.2, -0.15) is 11.8 Å². The number of carbonyl (C=O) groups excluding carboxylic acids is 2. The van der Waals surface area contributed by atoms with Crippen molar-refractivity contribution in [1.82, 2.24) is 10.6 Å². The average molecular weight is 583 g/mol. The first-order valence-electron chi connectivity index (χ1n) is 14.0. The number of amides is 2. The largest absolute Gasteiger partial charge is 0.464 e. The van der Waals surface area contributed by atoms with E-state index < -0.39 is 11.7 Å². The van der Waals surface area contributed by atoms with Gasteiger partial charge in [0.1, 0.15) is 17.2 Å². The Labute approximate surface area is 248 Å². The van der Waals surface area contributed by atoms with Gasteiger partial charge in [-0.05, 0) is 49.9 Å². The Kier molecular flexibility index (Phi) is 9.12. The van der Waals surface area contributed by atoms with Crippen molar-refractivity contribution in [3.8, 4) is 11.1 Å². The minimum atomic E-state index is -0.687. The monoisotopic (exact) mass is 582 g/mol. The highest BCUT2D eigenvalue weighted by molar-refractivity contribution is 7.98. The number of hydrogen-bond acceptors (Lipinski definition) is 6. The van der Waals surface area contributed by atoms with E-state index in [-0.39, 0.29) is 30.7 Å². The van der Waals surface area contributed by atoms with Crippen molar-refractivity contribution >= 4 is 45.5 Å². The molecule has 3 aromatic carbocycles. The van der Waals surface area contributed by atoms with Crippen LogP contribution in [0.1, 0.15) is 37.0 Å². The molecule has 8 heteroatoms. The van der Waals surface area contributed by atoms with Gasteiger partial charge in [-0.15, -0.1) is 0 Å². The fraction of sp³-hybridized carbons (Fsp3) is 0.265. The molecular formula is C34H34N2O5S. The van der Waals surface area contributed by atoms with Crippen molar-refractivity contribution in [2.24, 2.45) is 0 Å². The number of benzene rings is 3. The minimum absolute atomic E-state index is 0.0507. The van der Waals surface area contributed by atoms with Gasteiger partial charge in [-0.25, -0.2) is 4.79 Å². The molecule has 0 saturated carbocycles. The van der Waals surface area contributed by atoms with E-state index in [0.29, 0.717) is 22.5 Å². The zero-order valence-electron chi connectivity index (χ0n) is 23.9. The Morgan fingerprint density at radius 1 is 0.905 bits per heavy atom. The quantitative estimate of drug-likeness (QED) is 0.175.